The minimum absolute atomic E-state index is 0.196. The number of aliphatic hydroxyl groups excluding tert-OH is 1. The Morgan fingerprint density at radius 1 is 1.32 bits per heavy atom. The van der Waals surface area contributed by atoms with Gasteiger partial charge in [-0.25, -0.2) is 0 Å². The number of ether oxygens (including phenoxy) is 2. The van der Waals surface area contributed by atoms with Gasteiger partial charge in [0.2, 0.25) is 0 Å². The summed E-state index contributed by atoms with van der Waals surface area (Å²) >= 11 is 3.68. The van der Waals surface area contributed by atoms with E-state index in [2.05, 4.69) is 34.0 Å². The fourth-order valence-electron chi connectivity index (χ4n) is 5.23. The SMILES string of the molecule is COC1=C[C@H]2[C@H]3Cc4c(Br)cc(OC)c(O)c4[C@@]2(CCN3C)CC1O. The Hall–Kier alpha value is -1.24. The van der Waals surface area contributed by atoms with E-state index in [4.69, 9.17) is 9.47 Å². The van der Waals surface area contributed by atoms with Crippen molar-refractivity contribution in [2.45, 2.75) is 36.8 Å². The van der Waals surface area contributed by atoms with Crippen molar-refractivity contribution < 1.29 is 19.7 Å². The molecule has 1 saturated heterocycles. The van der Waals surface area contributed by atoms with E-state index in [0.29, 0.717) is 24.0 Å². The van der Waals surface area contributed by atoms with E-state index < -0.39 is 6.10 Å². The Morgan fingerprint density at radius 2 is 2.08 bits per heavy atom. The molecule has 3 aliphatic rings. The number of likely N-dealkylation sites (tertiary alicyclic amines) is 1. The summed E-state index contributed by atoms with van der Waals surface area (Å²) in [5, 5.41) is 21.6. The molecule has 2 bridgehead atoms. The molecule has 0 radical (unpaired) electrons. The van der Waals surface area contributed by atoms with E-state index in [0.717, 1.165) is 35.0 Å². The summed E-state index contributed by atoms with van der Waals surface area (Å²) in [5.41, 5.74) is 1.78. The maximum atomic E-state index is 11.0. The zero-order valence-corrected chi connectivity index (χ0v) is 16.3. The highest BCUT2D eigenvalue weighted by molar-refractivity contribution is 9.10. The molecule has 1 aromatic rings. The van der Waals surface area contributed by atoms with Crippen LogP contribution in [0.25, 0.3) is 0 Å². The van der Waals surface area contributed by atoms with E-state index in [1.165, 1.54) is 0 Å². The number of rotatable bonds is 2. The number of nitrogens with zero attached hydrogens (tertiary/aromatic N) is 1. The predicted molar refractivity (Wildman–Crippen MR) is 98.0 cm³/mol. The molecule has 0 aromatic heterocycles. The third kappa shape index (κ3) is 2.27. The topological polar surface area (TPSA) is 62.2 Å². The molecule has 4 rings (SSSR count). The van der Waals surface area contributed by atoms with Crippen LogP contribution in [0.5, 0.6) is 11.5 Å². The Labute approximate surface area is 156 Å². The number of likely N-dealkylation sites (N-methyl/N-ethyl adjacent to an activating group) is 1. The molecule has 136 valence electrons. The average Bonchev–Trinajstić information content (AvgIpc) is 2.59. The molecule has 1 heterocycles. The smallest absolute Gasteiger partial charge is 0.161 e. The highest BCUT2D eigenvalue weighted by atomic mass is 79.9. The highest BCUT2D eigenvalue weighted by Gasteiger charge is 2.56. The van der Waals surface area contributed by atoms with Crippen LogP contribution >= 0.6 is 15.9 Å². The normalized spacial score (nSPS) is 34.0. The Bertz CT molecular complexity index is 749. The molecule has 2 aliphatic carbocycles. The number of hydrogen-bond acceptors (Lipinski definition) is 5. The van der Waals surface area contributed by atoms with Crippen LogP contribution in [0.1, 0.15) is 24.0 Å². The van der Waals surface area contributed by atoms with Gasteiger partial charge in [-0.3, -0.25) is 0 Å². The van der Waals surface area contributed by atoms with E-state index in [9.17, 15) is 10.2 Å². The van der Waals surface area contributed by atoms with Crippen LogP contribution in [-0.4, -0.2) is 55.1 Å². The molecule has 4 atom stereocenters. The van der Waals surface area contributed by atoms with Gasteiger partial charge in [-0.1, -0.05) is 15.9 Å². The summed E-state index contributed by atoms with van der Waals surface area (Å²) in [6, 6.07) is 2.17. The van der Waals surface area contributed by atoms with Crippen molar-refractivity contribution in [3.05, 3.63) is 33.5 Å². The first-order valence-corrected chi connectivity index (χ1v) is 9.45. The first kappa shape index (κ1) is 17.2. The van der Waals surface area contributed by atoms with Gasteiger partial charge < -0.3 is 24.6 Å². The van der Waals surface area contributed by atoms with Gasteiger partial charge in [0, 0.05) is 27.4 Å². The van der Waals surface area contributed by atoms with Gasteiger partial charge in [0.25, 0.3) is 0 Å². The van der Waals surface area contributed by atoms with Gasteiger partial charge in [-0.15, -0.1) is 0 Å². The number of aromatic hydroxyl groups is 1. The van der Waals surface area contributed by atoms with E-state index in [-0.39, 0.29) is 17.1 Å². The third-order valence-corrected chi connectivity index (χ3v) is 7.15. The summed E-state index contributed by atoms with van der Waals surface area (Å²) < 4.78 is 11.8. The summed E-state index contributed by atoms with van der Waals surface area (Å²) in [4.78, 5) is 2.39. The van der Waals surface area contributed by atoms with Crippen molar-refractivity contribution in [2.75, 3.05) is 27.8 Å². The van der Waals surface area contributed by atoms with Crippen LogP contribution < -0.4 is 4.74 Å². The monoisotopic (exact) mass is 409 g/mol. The second kappa shape index (κ2) is 5.89. The zero-order chi connectivity index (χ0) is 17.9. The lowest BCUT2D eigenvalue weighted by Gasteiger charge is -2.57. The number of fused-ring (bicyclic) bond motifs is 1. The van der Waals surface area contributed by atoms with Crippen LogP contribution in [0, 0.1) is 5.92 Å². The lowest BCUT2D eigenvalue weighted by molar-refractivity contribution is -0.00395. The van der Waals surface area contributed by atoms with Gasteiger partial charge in [0.05, 0.1) is 14.2 Å². The number of methoxy groups -OCH3 is 2. The van der Waals surface area contributed by atoms with Crippen molar-refractivity contribution in [1.29, 1.82) is 0 Å². The van der Waals surface area contributed by atoms with E-state index in [1.54, 1.807) is 14.2 Å². The maximum Gasteiger partial charge on any atom is 0.161 e. The average molecular weight is 410 g/mol. The fraction of sp³-hybridized carbons (Fsp3) is 0.579. The number of piperidine rings is 1. The predicted octanol–water partition coefficient (Wildman–Crippen LogP) is 2.57. The molecule has 0 spiro atoms. The lowest BCUT2D eigenvalue weighted by Crippen LogP contribution is -2.60. The van der Waals surface area contributed by atoms with Crippen molar-refractivity contribution in [3.63, 3.8) is 0 Å². The number of phenols is 1. The van der Waals surface area contributed by atoms with E-state index in [1.807, 2.05) is 6.07 Å². The van der Waals surface area contributed by atoms with Crippen molar-refractivity contribution in [1.82, 2.24) is 4.90 Å². The minimum Gasteiger partial charge on any atom is -0.504 e. The zero-order valence-electron chi connectivity index (χ0n) is 14.8. The Morgan fingerprint density at radius 3 is 2.76 bits per heavy atom. The summed E-state index contributed by atoms with van der Waals surface area (Å²) in [5.74, 6) is 1.54. The number of aliphatic hydroxyl groups is 1. The maximum absolute atomic E-state index is 11.0. The standard InChI is InChI=1S/C19H24BrNO4/c1-21-5-4-19-9-14(22)15(24-2)7-11(19)13(21)6-10-12(20)8-16(25-3)18(23)17(10)19/h7-8,11,13-14,22-23H,4-6,9H2,1-3H3/t11-,13+,14?,19-/m0/s1. The molecule has 0 saturated carbocycles. The molecule has 1 aromatic carbocycles. The molecular weight excluding hydrogens is 386 g/mol. The fourth-order valence-corrected chi connectivity index (χ4v) is 5.80. The summed E-state index contributed by atoms with van der Waals surface area (Å²) in [6.45, 7) is 0.942. The van der Waals surface area contributed by atoms with Crippen LogP contribution in [0.2, 0.25) is 0 Å². The molecule has 5 nitrogen and oxygen atoms in total. The number of benzene rings is 1. The number of hydrogen-bond donors (Lipinski definition) is 2. The molecule has 25 heavy (non-hydrogen) atoms. The first-order valence-electron chi connectivity index (χ1n) is 8.65. The Balaban J connectivity index is 1.99. The molecule has 0 amide bonds. The van der Waals surface area contributed by atoms with Gasteiger partial charge in [-0.05, 0) is 50.6 Å². The molecule has 1 unspecified atom stereocenters. The second-order valence-corrected chi connectivity index (χ2v) is 8.29. The summed E-state index contributed by atoms with van der Waals surface area (Å²) in [7, 11) is 5.34. The largest absolute Gasteiger partial charge is 0.504 e. The quantitative estimate of drug-likeness (QED) is 0.785. The Kier molecular flexibility index (Phi) is 4.05. The minimum atomic E-state index is -0.652. The molecule has 1 fully saturated rings. The van der Waals surface area contributed by atoms with Crippen LogP contribution in [0.4, 0.5) is 0 Å². The van der Waals surface area contributed by atoms with Crippen molar-refractivity contribution >= 4 is 15.9 Å². The molecule has 6 heteroatoms. The van der Waals surface area contributed by atoms with Crippen LogP contribution in [-0.2, 0) is 16.6 Å². The molecular formula is C19H24BrNO4. The van der Waals surface area contributed by atoms with Crippen molar-refractivity contribution in [2.24, 2.45) is 5.92 Å². The van der Waals surface area contributed by atoms with Crippen LogP contribution in [0.3, 0.4) is 0 Å². The molecule has 2 N–H and O–H groups in total. The highest BCUT2D eigenvalue weighted by Crippen LogP contribution is 2.59. The second-order valence-electron chi connectivity index (χ2n) is 7.44. The lowest BCUT2D eigenvalue weighted by atomic mass is 9.53. The van der Waals surface area contributed by atoms with Crippen molar-refractivity contribution in [3.8, 4) is 11.5 Å². The van der Waals surface area contributed by atoms with Gasteiger partial charge in [0.1, 0.15) is 11.9 Å². The first-order chi connectivity index (χ1) is 11.9. The molecule has 1 aliphatic heterocycles. The van der Waals surface area contributed by atoms with Gasteiger partial charge in [-0.2, -0.15) is 0 Å². The van der Waals surface area contributed by atoms with Crippen LogP contribution in [0.15, 0.2) is 22.4 Å². The number of phenolic OH excluding ortho intramolecular Hbond substituents is 1. The number of halogens is 1. The summed E-state index contributed by atoms with van der Waals surface area (Å²) in [6.07, 6.45) is 3.72. The van der Waals surface area contributed by atoms with Gasteiger partial charge >= 0.3 is 0 Å². The third-order valence-electron chi connectivity index (χ3n) is 6.44. The van der Waals surface area contributed by atoms with E-state index >= 15 is 0 Å². The van der Waals surface area contributed by atoms with Gasteiger partial charge in [0.15, 0.2) is 11.5 Å².